The maximum Gasteiger partial charge on any atom is 0.307 e. The first kappa shape index (κ1) is 24.8. The summed E-state index contributed by atoms with van der Waals surface area (Å²) in [5, 5.41) is 10.0. The van der Waals surface area contributed by atoms with E-state index >= 15 is 4.39 Å². The van der Waals surface area contributed by atoms with Gasteiger partial charge in [0.1, 0.15) is 23.2 Å². The number of aliphatic carboxylic acids is 1. The van der Waals surface area contributed by atoms with E-state index in [1.54, 1.807) is 38.2 Å². The van der Waals surface area contributed by atoms with Gasteiger partial charge in [-0.25, -0.2) is 18.2 Å². The second kappa shape index (κ2) is 9.34. The van der Waals surface area contributed by atoms with E-state index in [-0.39, 0.29) is 28.8 Å². The summed E-state index contributed by atoms with van der Waals surface area (Å²) in [5.41, 5.74) is 2.71. The highest BCUT2D eigenvalue weighted by Crippen LogP contribution is 2.49. The molecule has 3 aromatic carbocycles. The van der Waals surface area contributed by atoms with E-state index in [4.69, 9.17) is 4.74 Å². The Balaban J connectivity index is 1.28. The average molecular weight is 532 g/mol. The second-order valence-corrected chi connectivity index (χ2v) is 9.94. The van der Waals surface area contributed by atoms with E-state index in [2.05, 4.69) is 15.0 Å². The summed E-state index contributed by atoms with van der Waals surface area (Å²) >= 11 is 0. The smallest absolute Gasteiger partial charge is 0.307 e. The van der Waals surface area contributed by atoms with Crippen LogP contribution in [0.4, 0.5) is 13.2 Å². The van der Waals surface area contributed by atoms with Crippen LogP contribution in [-0.4, -0.2) is 26.0 Å². The molecule has 5 aromatic rings. The van der Waals surface area contributed by atoms with Crippen LogP contribution < -0.4 is 4.74 Å². The lowest BCUT2D eigenvalue weighted by Gasteiger charge is -2.14. The van der Waals surface area contributed by atoms with Gasteiger partial charge in [-0.15, -0.1) is 0 Å². The summed E-state index contributed by atoms with van der Waals surface area (Å²) in [6.45, 7) is 3.54. The number of hydrogen-bond donors (Lipinski definition) is 3. The van der Waals surface area contributed by atoms with Crippen LogP contribution in [0.2, 0.25) is 0 Å². The van der Waals surface area contributed by atoms with Gasteiger partial charge < -0.3 is 19.8 Å². The lowest BCUT2D eigenvalue weighted by molar-refractivity contribution is -0.138. The van der Waals surface area contributed by atoms with E-state index in [1.165, 1.54) is 30.5 Å². The van der Waals surface area contributed by atoms with Gasteiger partial charge in [-0.2, -0.15) is 0 Å². The molecular formula is C30H24F3N3O3. The molecule has 1 fully saturated rings. The number of aromatic amines is 2. The first-order valence-corrected chi connectivity index (χ1v) is 12.5. The molecule has 1 aliphatic carbocycles. The standard InChI is InChI=1S/C30H24F3N3O3/c1-14(18-4-3-5-19(27(18)33)20-11-21(20)30(37)38)26-13-35-29(36-26)22-10-16(6-7-23(22)31)39-28-15(2)17-8-9-34-25(17)12-24(28)32/h3-10,12-14,20-21,34H,11H2,1-2H3,(H,35,36)(H,37,38)/t14?,20-,21-/m1/s1. The van der Waals surface area contributed by atoms with Crippen molar-refractivity contribution in [2.24, 2.45) is 5.92 Å². The number of hydrogen-bond acceptors (Lipinski definition) is 3. The molecule has 9 heteroatoms. The summed E-state index contributed by atoms with van der Waals surface area (Å²) in [7, 11) is 0. The first-order chi connectivity index (χ1) is 18.7. The number of nitrogens with one attached hydrogen (secondary N) is 2. The SMILES string of the molecule is Cc1c(Oc2ccc(F)c(-c3ncc(C(C)c4cccc([C@H]5C[C@H]5C(=O)O)c4F)[nH]3)c2)c(F)cc2[nH]ccc12. The predicted octanol–water partition coefficient (Wildman–Crippen LogP) is 7.42. The van der Waals surface area contributed by atoms with Gasteiger partial charge in [0.15, 0.2) is 11.6 Å². The first-order valence-electron chi connectivity index (χ1n) is 12.5. The Morgan fingerprint density at radius 1 is 1.13 bits per heavy atom. The molecule has 1 unspecified atom stereocenters. The highest BCUT2D eigenvalue weighted by atomic mass is 19.1. The van der Waals surface area contributed by atoms with Crippen LogP contribution in [0.3, 0.4) is 0 Å². The molecular weight excluding hydrogens is 507 g/mol. The molecule has 3 N–H and O–H groups in total. The van der Waals surface area contributed by atoms with Gasteiger partial charge in [-0.3, -0.25) is 4.79 Å². The van der Waals surface area contributed by atoms with Crippen LogP contribution in [0.5, 0.6) is 11.5 Å². The summed E-state index contributed by atoms with van der Waals surface area (Å²) in [5.74, 6) is -3.35. The molecule has 6 rings (SSSR count). The van der Waals surface area contributed by atoms with Crippen molar-refractivity contribution >= 4 is 16.9 Å². The number of H-pyrrole nitrogens is 2. The molecule has 2 aromatic heterocycles. The van der Waals surface area contributed by atoms with Crippen LogP contribution >= 0.6 is 0 Å². The third-order valence-corrected chi connectivity index (χ3v) is 7.52. The minimum atomic E-state index is -0.924. The number of aromatic nitrogens is 3. The Bertz CT molecular complexity index is 1740. The molecule has 1 saturated carbocycles. The zero-order valence-electron chi connectivity index (χ0n) is 21.1. The summed E-state index contributed by atoms with van der Waals surface area (Å²) in [6, 6.07) is 12.2. The van der Waals surface area contributed by atoms with Crippen molar-refractivity contribution in [3.63, 3.8) is 0 Å². The Kier molecular flexibility index (Phi) is 5.94. The van der Waals surface area contributed by atoms with Crippen LogP contribution in [0.1, 0.15) is 47.6 Å². The van der Waals surface area contributed by atoms with E-state index in [9.17, 15) is 18.7 Å². The van der Waals surface area contributed by atoms with Gasteiger partial charge in [0.25, 0.3) is 0 Å². The normalized spacial score (nSPS) is 17.4. The summed E-state index contributed by atoms with van der Waals surface area (Å²) < 4.78 is 50.9. The third-order valence-electron chi connectivity index (χ3n) is 7.52. The van der Waals surface area contributed by atoms with E-state index in [0.29, 0.717) is 34.3 Å². The topological polar surface area (TPSA) is 91.0 Å². The molecule has 198 valence electrons. The molecule has 2 heterocycles. The lowest BCUT2D eigenvalue weighted by Crippen LogP contribution is -2.05. The van der Waals surface area contributed by atoms with Gasteiger partial charge in [-0.1, -0.05) is 25.1 Å². The maximum absolute atomic E-state index is 15.4. The van der Waals surface area contributed by atoms with Crippen LogP contribution in [0.25, 0.3) is 22.3 Å². The van der Waals surface area contributed by atoms with Crippen LogP contribution in [0, 0.1) is 30.3 Å². The number of ether oxygens (including phenoxy) is 1. The summed E-state index contributed by atoms with van der Waals surface area (Å²) in [4.78, 5) is 21.6. The minimum Gasteiger partial charge on any atom is -0.481 e. The van der Waals surface area contributed by atoms with Crippen LogP contribution in [-0.2, 0) is 4.79 Å². The number of aryl methyl sites for hydroxylation is 1. The Hall–Kier alpha value is -4.53. The fourth-order valence-corrected chi connectivity index (χ4v) is 5.18. The second-order valence-electron chi connectivity index (χ2n) is 9.94. The number of carbonyl (C=O) groups is 1. The number of nitrogens with zero attached hydrogens (tertiary/aromatic N) is 1. The Morgan fingerprint density at radius 2 is 1.95 bits per heavy atom. The Morgan fingerprint density at radius 3 is 2.72 bits per heavy atom. The fraction of sp³-hybridized carbons (Fsp3) is 0.200. The predicted molar refractivity (Wildman–Crippen MR) is 139 cm³/mol. The maximum atomic E-state index is 15.4. The van der Waals surface area contributed by atoms with Gasteiger partial charge >= 0.3 is 5.97 Å². The van der Waals surface area contributed by atoms with Gasteiger partial charge in [0.05, 0.1) is 11.5 Å². The number of benzene rings is 3. The van der Waals surface area contributed by atoms with Crippen molar-refractivity contribution in [2.75, 3.05) is 0 Å². The van der Waals surface area contributed by atoms with E-state index in [1.807, 2.05) is 6.07 Å². The van der Waals surface area contributed by atoms with Crippen molar-refractivity contribution in [3.05, 3.63) is 101 Å². The van der Waals surface area contributed by atoms with Gasteiger partial charge in [-0.05, 0) is 48.7 Å². The summed E-state index contributed by atoms with van der Waals surface area (Å²) in [6.07, 6.45) is 3.64. The molecule has 0 amide bonds. The molecule has 0 radical (unpaired) electrons. The third kappa shape index (κ3) is 4.33. The molecule has 0 spiro atoms. The number of fused-ring (bicyclic) bond motifs is 1. The van der Waals surface area contributed by atoms with Crippen LogP contribution in [0.15, 0.2) is 60.9 Å². The molecule has 0 saturated heterocycles. The molecule has 3 atom stereocenters. The highest BCUT2D eigenvalue weighted by molar-refractivity contribution is 5.85. The molecule has 0 aliphatic heterocycles. The lowest BCUT2D eigenvalue weighted by atomic mass is 9.94. The van der Waals surface area contributed by atoms with Crippen molar-refractivity contribution in [3.8, 4) is 22.9 Å². The molecule has 0 bridgehead atoms. The largest absolute Gasteiger partial charge is 0.481 e. The Labute approximate surface area is 221 Å². The van der Waals surface area contributed by atoms with E-state index < -0.39 is 35.3 Å². The number of rotatable bonds is 7. The zero-order valence-corrected chi connectivity index (χ0v) is 21.1. The minimum absolute atomic E-state index is 0.0459. The monoisotopic (exact) mass is 531 g/mol. The number of halogens is 3. The number of carboxylic acids is 1. The van der Waals surface area contributed by atoms with Crippen molar-refractivity contribution in [1.82, 2.24) is 15.0 Å². The van der Waals surface area contributed by atoms with Crippen molar-refractivity contribution < 1.29 is 27.8 Å². The van der Waals surface area contributed by atoms with Crippen molar-refractivity contribution in [2.45, 2.75) is 32.1 Å². The highest BCUT2D eigenvalue weighted by Gasteiger charge is 2.45. The fourth-order valence-electron chi connectivity index (χ4n) is 5.18. The molecule has 39 heavy (non-hydrogen) atoms. The average Bonchev–Trinajstić information content (AvgIpc) is 3.31. The molecule has 1 aliphatic rings. The zero-order chi connectivity index (χ0) is 27.4. The van der Waals surface area contributed by atoms with Gasteiger partial charge in [0, 0.05) is 52.5 Å². The number of imidazole rings is 1. The quantitative estimate of drug-likeness (QED) is 0.204. The number of carboxylic acid groups (broad SMARTS) is 1. The molecule has 6 nitrogen and oxygen atoms in total. The van der Waals surface area contributed by atoms with E-state index in [0.717, 1.165) is 5.39 Å². The van der Waals surface area contributed by atoms with Crippen molar-refractivity contribution in [1.29, 1.82) is 0 Å². The van der Waals surface area contributed by atoms with Gasteiger partial charge in [0.2, 0.25) is 0 Å².